The van der Waals surface area contributed by atoms with Crippen LogP contribution in [0.1, 0.15) is 42.6 Å². The van der Waals surface area contributed by atoms with E-state index in [-0.39, 0.29) is 11.3 Å². The number of carbonyl (C=O) groups excluding carboxylic acids is 1. The number of rotatable bonds is 3. The quantitative estimate of drug-likeness (QED) is 0.876. The Balaban J connectivity index is 1.91. The molecule has 1 aliphatic rings. The molecule has 2 N–H and O–H groups in total. The molecule has 0 aromatic heterocycles. The van der Waals surface area contributed by atoms with E-state index in [9.17, 15) is 4.79 Å². The Hall–Kier alpha value is -1.35. The molecule has 1 saturated heterocycles. The van der Waals surface area contributed by atoms with E-state index in [1.807, 2.05) is 31.2 Å². The highest BCUT2D eigenvalue weighted by Gasteiger charge is 2.31. The van der Waals surface area contributed by atoms with Gasteiger partial charge in [-0.1, -0.05) is 31.5 Å². The highest BCUT2D eigenvalue weighted by Crippen LogP contribution is 2.29. The van der Waals surface area contributed by atoms with E-state index in [0.29, 0.717) is 12.6 Å². The third-order valence-corrected chi connectivity index (χ3v) is 4.11. The van der Waals surface area contributed by atoms with Gasteiger partial charge in [-0.15, -0.1) is 0 Å². The SMILES string of the molecule is Cc1ccc(C(=O)NCC2NCCCC2(C)C)cc1. The zero-order valence-electron chi connectivity index (χ0n) is 12.1. The maximum absolute atomic E-state index is 12.1. The highest BCUT2D eigenvalue weighted by molar-refractivity contribution is 5.94. The van der Waals surface area contributed by atoms with Crippen molar-refractivity contribution in [3.63, 3.8) is 0 Å². The smallest absolute Gasteiger partial charge is 0.251 e. The number of aryl methyl sites for hydroxylation is 1. The van der Waals surface area contributed by atoms with E-state index in [1.54, 1.807) is 0 Å². The fourth-order valence-electron chi connectivity index (χ4n) is 2.62. The minimum Gasteiger partial charge on any atom is -0.350 e. The molecule has 1 heterocycles. The van der Waals surface area contributed by atoms with Crippen LogP contribution in [0.4, 0.5) is 0 Å². The number of piperidine rings is 1. The molecular weight excluding hydrogens is 236 g/mol. The van der Waals surface area contributed by atoms with E-state index in [4.69, 9.17) is 0 Å². The largest absolute Gasteiger partial charge is 0.350 e. The summed E-state index contributed by atoms with van der Waals surface area (Å²) in [5.41, 5.74) is 2.16. The molecule has 1 aromatic rings. The fourth-order valence-corrected chi connectivity index (χ4v) is 2.62. The Morgan fingerprint density at radius 2 is 2.05 bits per heavy atom. The van der Waals surface area contributed by atoms with Crippen molar-refractivity contribution in [3.8, 4) is 0 Å². The lowest BCUT2D eigenvalue weighted by molar-refractivity contribution is 0.0929. The predicted molar refractivity (Wildman–Crippen MR) is 78.3 cm³/mol. The van der Waals surface area contributed by atoms with Crippen LogP contribution in [0, 0.1) is 12.3 Å². The molecular formula is C16H24N2O. The second-order valence-corrected chi connectivity index (χ2v) is 6.17. The molecule has 1 atom stereocenters. The van der Waals surface area contributed by atoms with Crippen LogP contribution >= 0.6 is 0 Å². The zero-order valence-corrected chi connectivity index (χ0v) is 12.1. The van der Waals surface area contributed by atoms with Gasteiger partial charge in [-0.25, -0.2) is 0 Å². The predicted octanol–water partition coefficient (Wildman–Crippen LogP) is 2.50. The van der Waals surface area contributed by atoms with Crippen molar-refractivity contribution in [2.24, 2.45) is 5.41 Å². The van der Waals surface area contributed by atoms with Crippen LogP contribution in [0.25, 0.3) is 0 Å². The summed E-state index contributed by atoms with van der Waals surface area (Å²) in [6, 6.07) is 8.06. The van der Waals surface area contributed by atoms with Gasteiger partial charge < -0.3 is 10.6 Å². The Morgan fingerprint density at radius 1 is 1.37 bits per heavy atom. The summed E-state index contributed by atoms with van der Waals surface area (Å²) in [7, 11) is 0. The third-order valence-electron chi connectivity index (χ3n) is 4.11. The number of carbonyl (C=O) groups is 1. The molecule has 0 spiro atoms. The average Bonchev–Trinajstić information content (AvgIpc) is 2.37. The Bertz CT molecular complexity index is 437. The number of benzene rings is 1. The molecule has 1 aliphatic heterocycles. The van der Waals surface area contributed by atoms with Crippen LogP contribution in [-0.4, -0.2) is 25.0 Å². The molecule has 1 aromatic carbocycles. The lowest BCUT2D eigenvalue weighted by Gasteiger charge is -2.39. The third kappa shape index (κ3) is 3.57. The summed E-state index contributed by atoms with van der Waals surface area (Å²) < 4.78 is 0. The van der Waals surface area contributed by atoms with Crippen molar-refractivity contribution >= 4 is 5.91 Å². The van der Waals surface area contributed by atoms with E-state index >= 15 is 0 Å². The van der Waals surface area contributed by atoms with Crippen LogP contribution in [0.3, 0.4) is 0 Å². The topological polar surface area (TPSA) is 41.1 Å². The number of nitrogens with one attached hydrogen (secondary N) is 2. The molecule has 104 valence electrons. The minimum atomic E-state index is 0.0168. The van der Waals surface area contributed by atoms with Crippen LogP contribution in [0.15, 0.2) is 24.3 Å². The normalized spacial score (nSPS) is 21.9. The van der Waals surface area contributed by atoms with Gasteiger partial charge in [0.2, 0.25) is 0 Å². The molecule has 0 bridgehead atoms. The summed E-state index contributed by atoms with van der Waals surface area (Å²) in [5, 5.41) is 6.55. The number of amides is 1. The molecule has 1 unspecified atom stereocenters. The molecule has 19 heavy (non-hydrogen) atoms. The van der Waals surface area contributed by atoms with E-state index in [2.05, 4.69) is 24.5 Å². The molecule has 1 fully saturated rings. The molecule has 0 aliphatic carbocycles. The van der Waals surface area contributed by atoms with Gasteiger partial charge in [0.1, 0.15) is 0 Å². The molecule has 2 rings (SSSR count). The van der Waals surface area contributed by atoms with Crippen LogP contribution in [0.2, 0.25) is 0 Å². The van der Waals surface area contributed by atoms with Crippen molar-refractivity contribution in [1.29, 1.82) is 0 Å². The van der Waals surface area contributed by atoms with Crippen LogP contribution in [0.5, 0.6) is 0 Å². The lowest BCUT2D eigenvalue weighted by atomic mass is 9.77. The van der Waals surface area contributed by atoms with Crippen molar-refractivity contribution < 1.29 is 4.79 Å². The summed E-state index contributed by atoms with van der Waals surface area (Å²) in [6.45, 7) is 8.30. The standard InChI is InChI=1S/C16H24N2O/c1-12-5-7-13(8-6-12)15(19)18-11-14-16(2,3)9-4-10-17-14/h5-8,14,17H,4,9-11H2,1-3H3,(H,18,19). The highest BCUT2D eigenvalue weighted by atomic mass is 16.1. The summed E-state index contributed by atoms with van der Waals surface area (Å²) >= 11 is 0. The van der Waals surface area contributed by atoms with Crippen LogP contribution in [-0.2, 0) is 0 Å². The molecule has 3 nitrogen and oxygen atoms in total. The van der Waals surface area contributed by atoms with Crippen molar-refractivity contribution in [1.82, 2.24) is 10.6 Å². The van der Waals surface area contributed by atoms with Crippen molar-refractivity contribution in [2.45, 2.75) is 39.7 Å². The van der Waals surface area contributed by atoms with Crippen molar-refractivity contribution in [2.75, 3.05) is 13.1 Å². The molecule has 0 saturated carbocycles. The van der Waals surface area contributed by atoms with Gasteiger partial charge in [-0.05, 0) is 43.9 Å². The Kier molecular flexibility index (Phi) is 4.25. The minimum absolute atomic E-state index is 0.0168. The first kappa shape index (κ1) is 14.1. The summed E-state index contributed by atoms with van der Waals surface area (Å²) in [4.78, 5) is 12.1. The Labute approximate surface area is 115 Å². The van der Waals surface area contributed by atoms with Crippen molar-refractivity contribution in [3.05, 3.63) is 35.4 Å². The van der Waals surface area contributed by atoms with E-state index in [0.717, 1.165) is 12.1 Å². The Morgan fingerprint density at radius 3 is 2.68 bits per heavy atom. The van der Waals surface area contributed by atoms with Gasteiger partial charge in [0.05, 0.1) is 0 Å². The molecule has 1 amide bonds. The first-order valence-corrected chi connectivity index (χ1v) is 7.07. The van der Waals surface area contributed by atoms with E-state index in [1.165, 1.54) is 18.4 Å². The fraction of sp³-hybridized carbons (Fsp3) is 0.562. The van der Waals surface area contributed by atoms with Gasteiger partial charge >= 0.3 is 0 Å². The number of hydrogen-bond donors (Lipinski definition) is 2. The van der Waals surface area contributed by atoms with Gasteiger partial charge in [0.15, 0.2) is 0 Å². The number of hydrogen-bond acceptors (Lipinski definition) is 2. The summed E-state index contributed by atoms with van der Waals surface area (Å²) in [6.07, 6.45) is 2.43. The second kappa shape index (κ2) is 5.74. The van der Waals surface area contributed by atoms with Gasteiger partial charge in [-0.2, -0.15) is 0 Å². The lowest BCUT2D eigenvalue weighted by Crippen LogP contribution is -2.52. The van der Waals surface area contributed by atoms with Crippen LogP contribution < -0.4 is 10.6 Å². The molecule has 3 heteroatoms. The van der Waals surface area contributed by atoms with E-state index < -0.39 is 0 Å². The van der Waals surface area contributed by atoms with Gasteiger partial charge in [0.25, 0.3) is 5.91 Å². The maximum atomic E-state index is 12.1. The average molecular weight is 260 g/mol. The zero-order chi connectivity index (χ0) is 13.9. The van der Waals surface area contributed by atoms with Gasteiger partial charge in [0, 0.05) is 18.2 Å². The monoisotopic (exact) mass is 260 g/mol. The first-order chi connectivity index (χ1) is 8.99. The second-order valence-electron chi connectivity index (χ2n) is 6.17. The maximum Gasteiger partial charge on any atom is 0.251 e. The molecule has 0 radical (unpaired) electrons. The summed E-state index contributed by atoms with van der Waals surface area (Å²) in [5.74, 6) is 0.0168. The first-order valence-electron chi connectivity index (χ1n) is 7.07. The van der Waals surface area contributed by atoms with Gasteiger partial charge in [-0.3, -0.25) is 4.79 Å².